The monoisotopic (exact) mass is 501 g/mol. The number of terminal acetylenes is 1. The van der Waals surface area contributed by atoms with Gasteiger partial charge in [0.25, 0.3) is 0 Å². The fourth-order valence-electron chi connectivity index (χ4n) is 9.53. The van der Waals surface area contributed by atoms with Crippen LogP contribution in [0, 0.1) is 45.3 Å². The second-order valence-electron chi connectivity index (χ2n) is 13.5. The number of ketones is 1. The standard InChI is InChI=1S/C33H43NO3/c1-8-18-37-27-21(3)22-10-11-25-31(6,23(22)19-24(27)35)15-17-33(9-2)26-20-30(5,28(34)36)13-12-29(26,4)14-16-32(25,33)7/h1,10-11,19,26H,9,12-18,20H2,2-7H3,(H2,34,36)/t26-,29-,30-,31+,32-,33+/m1/s1. The Hall–Kier alpha value is -2.54. The van der Waals surface area contributed by atoms with E-state index in [4.69, 9.17) is 16.9 Å². The van der Waals surface area contributed by atoms with E-state index in [9.17, 15) is 9.59 Å². The van der Waals surface area contributed by atoms with Crippen LogP contribution in [0.15, 0.2) is 46.3 Å². The average molecular weight is 502 g/mol. The van der Waals surface area contributed by atoms with Crippen LogP contribution in [0.1, 0.15) is 92.9 Å². The van der Waals surface area contributed by atoms with Gasteiger partial charge in [-0.1, -0.05) is 58.3 Å². The van der Waals surface area contributed by atoms with E-state index in [0.717, 1.165) is 68.1 Å². The van der Waals surface area contributed by atoms with E-state index in [1.165, 1.54) is 5.57 Å². The van der Waals surface area contributed by atoms with Crippen molar-refractivity contribution in [2.24, 2.45) is 38.7 Å². The highest BCUT2D eigenvalue weighted by Crippen LogP contribution is 2.76. The van der Waals surface area contributed by atoms with Crippen LogP contribution in [0.25, 0.3) is 0 Å². The number of fused-ring (bicyclic) bond motifs is 7. The highest BCUT2D eigenvalue weighted by molar-refractivity contribution is 6.07. The molecule has 37 heavy (non-hydrogen) atoms. The van der Waals surface area contributed by atoms with Crippen molar-refractivity contribution in [1.82, 2.24) is 0 Å². The van der Waals surface area contributed by atoms with Crippen LogP contribution in [-0.2, 0) is 14.3 Å². The molecule has 0 aromatic carbocycles. The van der Waals surface area contributed by atoms with Gasteiger partial charge in [-0.15, -0.1) is 6.42 Å². The van der Waals surface area contributed by atoms with Gasteiger partial charge < -0.3 is 10.5 Å². The van der Waals surface area contributed by atoms with Crippen LogP contribution in [-0.4, -0.2) is 18.3 Å². The first-order chi connectivity index (χ1) is 17.3. The van der Waals surface area contributed by atoms with Crippen LogP contribution in [0.3, 0.4) is 0 Å². The number of nitrogens with two attached hydrogens (primary N) is 1. The second-order valence-corrected chi connectivity index (χ2v) is 13.5. The number of ether oxygens (including phenoxy) is 1. The number of rotatable bonds is 4. The molecule has 6 atom stereocenters. The summed E-state index contributed by atoms with van der Waals surface area (Å²) in [6.07, 6.45) is 20.1. The Morgan fingerprint density at radius 3 is 2.46 bits per heavy atom. The Morgan fingerprint density at radius 1 is 1.11 bits per heavy atom. The number of primary amides is 1. The van der Waals surface area contributed by atoms with Gasteiger partial charge in [0.15, 0.2) is 5.76 Å². The lowest BCUT2D eigenvalue weighted by atomic mass is 9.33. The summed E-state index contributed by atoms with van der Waals surface area (Å²) in [7, 11) is 0. The highest BCUT2D eigenvalue weighted by Gasteiger charge is 2.68. The molecule has 0 aromatic heterocycles. The number of carbonyl (C=O) groups excluding carboxylic acids is 2. The van der Waals surface area contributed by atoms with Crippen LogP contribution < -0.4 is 5.73 Å². The van der Waals surface area contributed by atoms with E-state index in [-0.39, 0.29) is 40.0 Å². The van der Waals surface area contributed by atoms with Gasteiger partial charge in [0.05, 0.1) is 0 Å². The van der Waals surface area contributed by atoms with E-state index < -0.39 is 5.41 Å². The molecule has 4 nitrogen and oxygen atoms in total. The summed E-state index contributed by atoms with van der Waals surface area (Å²) in [5.41, 5.74) is 10.2. The minimum atomic E-state index is -0.436. The lowest BCUT2D eigenvalue weighted by molar-refractivity contribution is -0.176. The normalized spacial score (nSPS) is 42.7. The van der Waals surface area contributed by atoms with Gasteiger partial charge >= 0.3 is 0 Å². The van der Waals surface area contributed by atoms with Crippen molar-refractivity contribution in [3.8, 4) is 12.3 Å². The quantitative estimate of drug-likeness (QED) is 0.442. The number of allylic oxidation sites excluding steroid dienone is 7. The topological polar surface area (TPSA) is 69.4 Å². The number of hydrogen-bond acceptors (Lipinski definition) is 3. The zero-order chi connectivity index (χ0) is 27.0. The van der Waals surface area contributed by atoms with Gasteiger partial charge in [0.1, 0.15) is 6.61 Å². The summed E-state index contributed by atoms with van der Waals surface area (Å²) in [6, 6.07) is 0. The molecular weight excluding hydrogens is 458 g/mol. The molecule has 4 heteroatoms. The molecule has 5 rings (SSSR count). The third-order valence-electron chi connectivity index (χ3n) is 12.0. The summed E-state index contributed by atoms with van der Waals surface area (Å²) in [6.45, 7) is 13.8. The molecule has 5 aliphatic rings. The van der Waals surface area contributed by atoms with Crippen LogP contribution in [0.2, 0.25) is 0 Å². The lowest BCUT2D eigenvalue weighted by Crippen LogP contribution is -2.63. The number of carbonyl (C=O) groups is 2. The Bertz CT molecular complexity index is 1240. The van der Waals surface area contributed by atoms with E-state index in [2.05, 4.69) is 52.7 Å². The average Bonchev–Trinajstić information content (AvgIpc) is 2.85. The Morgan fingerprint density at radius 2 is 1.81 bits per heavy atom. The molecule has 0 aromatic rings. The van der Waals surface area contributed by atoms with Gasteiger partial charge in [-0.25, -0.2) is 0 Å². The zero-order valence-electron chi connectivity index (χ0n) is 23.6. The predicted octanol–water partition coefficient (Wildman–Crippen LogP) is 6.58. The minimum Gasteiger partial charge on any atom is -0.477 e. The van der Waals surface area contributed by atoms with E-state index >= 15 is 0 Å². The lowest BCUT2D eigenvalue weighted by Gasteiger charge is -2.71. The molecule has 3 fully saturated rings. The van der Waals surface area contributed by atoms with E-state index in [0.29, 0.717) is 11.7 Å². The van der Waals surface area contributed by atoms with Crippen LogP contribution >= 0.6 is 0 Å². The van der Waals surface area contributed by atoms with E-state index in [1.54, 1.807) is 0 Å². The minimum absolute atomic E-state index is 0.0153. The highest BCUT2D eigenvalue weighted by atomic mass is 16.5. The van der Waals surface area contributed by atoms with Gasteiger partial charge in [-0.05, 0) is 97.7 Å². The zero-order valence-corrected chi connectivity index (χ0v) is 23.6. The summed E-state index contributed by atoms with van der Waals surface area (Å²) in [5.74, 6) is 3.07. The molecular formula is C33H43NO3. The fraction of sp³-hybridized carbons (Fsp3) is 0.636. The molecule has 0 radical (unpaired) electrons. The van der Waals surface area contributed by atoms with Crippen molar-refractivity contribution in [2.75, 3.05) is 6.61 Å². The van der Waals surface area contributed by atoms with Crippen LogP contribution in [0.5, 0.6) is 0 Å². The van der Waals surface area contributed by atoms with Crippen molar-refractivity contribution in [3.63, 3.8) is 0 Å². The molecule has 198 valence electrons. The second kappa shape index (κ2) is 8.23. The molecule has 0 bridgehead atoms. The third kappa shape index (κ3) is 3.28. The molecule has 0 heterocycles. The summed E-state index contributed by atoms with van der Waals surface area (Å²) >= 11 is 0. The third-order valence-corrected chi connectivity index (χ3v) is 12.0. The largest absolute Gasteiger partial charge is 0.477 e. The first kappa shape index (κ1) is 26.1. The predicted molar refractivity (Wildman–Crippen MR) is 147 cm³/mol. The summed E-state index contributed by atoms with van der Waals surface area (Å²) in [4.78, 5) is 25.8. The van der Waals surface area contributed by atoms with Gasteiger partial charge in [0.2, 0.25) is 11.7 Å². The van der Waals surface area contributed by atoms with Gasteiger partial charge in [-0.3, -0.25) is 9.59 Å². The Balaban J connectivity index is 1.64. The maximum atomic E-state index is 13.2. The van der Waals surface area contributed by atoms with Crippen molar-refractivity contribution in [3.05, 3.63) is 46.3 Å². The van der Waals surface area contributed by atoms with Crippen molar-refractivity contribution >= 4 is 11.7 Å². The fourth-order valence-corrected chi connectivity index (χ4v) is 9.53. The van der Waals surface area contributed by atoms with E-state index in [1.807, 2.05) is 13.0 Å². The maximum absolute atomic E-state index is 13.2. The number of hydrogen-bond donors (Lipinski definition) is 1. The first-order valence-corrected chi connectivity index (χ1v) is 14.1. The SMILES string of the molecule is C#CCOC1=C(C)C2=CC=C3[C@@](C)(CC[C@@]4(CC)[C@@H]5C[C@](C)(C(N)=O)CC[C@]5(C)CC[C@]34C)C2=CC1=O. The Labute approximate surface area is 222 Å². The smallest absolute Gasteiger partial charge is 0.223 e. The Kier molecular flexibility index (Phi) is 5.80. The molecule has 0 saturated heterocycles. The van der Waals surface area contributed by atoms with Gasteiger partial charge in [-0.2, -0.15) is 0 Å². The molecule has 5 aliphatic carbocycles. The molecule has 2 N–H and O–H groups in total. The van der Waals surface area contributed by atoms with Crippen molar-refractivity contribution < 1.29 is 14.3 Å². The maximum Gasteiger partial charge on any atom is 0.223 e. The summed E-state index contributed by atoms with van der Waals surface area (Å²) in [5, 5.41) is 0. The molecule has 3 saturated carbocycles. The van der Waals surface area contributed by atoms with Crippen LogP contribution in [0.4, 0.5) is 0 Å². The molecule has 0 unspecified atom stereocenters. The molecule has 0 aliphatic heterocycles. The molecule has 1 amide bonds. The van der Waals surface area contributed by atoms with Gasteiger partial charge in [0, 0.05) is 16.4 Å². The number of amides is 1. The van der Waals surface area contributed by atoms with Crippen molar-refractivity contribution in [1.29, 1.82) is 0 Å². The molecule has 0 spiro atoms. The van der Waals surface area contributed by atoms with Crippen molar-refractivity contribution in [2.45, 2.75) is 92.9 Å². The first-order valence-electron chi connectivity index (χ1n) is 14.1. The summed E-state index contributed by atoms with van der Waals surface area (Å²) < 4.78 is 5.67.